The number of para-hydroxylation sites is 2. The fraction of sp³-hybridized carbons (Fsp3) is 0.400. The zero-order valence-electron chi connectivity index (χ0n) is 15.1. The predicted octanol–water partition coefficient (Wildman–Crippen LogP) is 3.95. The zero-order chi connectivity index (χ0) is 16.7. The van der Waals surface area contributed by atoms with E-state index in [0.29, 0.717) is 0 Å². The van der Waals surface area contributed by atoms with Crippen molar-refractivity contribution in [3.63, 3.8) is 0 Å². The molecule has 4 nitrogen and oxygen atoms in total. The van der Waals surface area contributed by atoms with Crippen LogP contribution in [0, 0.1) is 0 Å². The van der Waals surface area contributed by atoms with Gasteiger partial charge in [0.25, 0.3) is 0 Å². The topological polar surface area (TPSA) is 42.5 Å². The Morgan fingerprint density at radius 2 is 0.923 bits per heavy atom. The van der Waals surface area contributed by atoms with Crippen LogP contribution in [0.1, 0.15) is 12.8 Å². The molecule has 0 atom stereocenters. The molecule has 0 heterocycles. The van der Waals surface area contributed by atoms with Gasteiger partial charge in [-0.05, 0) is 50.2 Å². The minimum atomic E-state index is 0. The van der Waals surface area contributed by atoms with Crippen molar-refractivity contribution in [1.82, 2.24) is 10.6 Å². The molecule has 0 aliphatic carbocycles. The molecule has 6 heteroatoms. The molecule has 0 aromatic heterocycles. The van der Waals surface area contributed by atoms with Gasteiger partial charge in [-0.25, -0.2) is 0 Å². The molecule has 0 bridgehead atoms. The van der Waals surface area contributed by atoms with E-state index in [2.05, 4.69) is 10.6 Å². The summed E-state index contributed by atoms with van der Waals surface area (Å²) in [5.74, 6) is 1.88. The Bertz CT molecular complexity index is 480. The van der Waals surface area contributed by atoms with Crippen molar-refractivity contribution in [2.75, 3.05) is 39.4 Å². The number of halogens is 2. The third kappa shape index (κ3) is 12.0. The minimum Gasteiger partial charge on any atom is -0.494 e. The lowest BCUT2D eigenvalue weighted by Gasteiger charge is -2.09. The first-order valence-electron chi connectivity index (χ1n) is 8.72. The maximum atomic E-state index is 5.64. The average molecular weight is 401 g/mol. The first kappa shape index (κ1) is 24.5. The minimum absolute atomic E-state index is 0. The highest BCUT2D eigenvalue weighted by Crippen LogP contribution is 2.08. The molecule has 0 amide bonds. The van der Waals surface area contributed by atoms with Crippen LogP contribution in [0.2, 0.25) is 0 Å². The summed E-state index contributed by atoms with van der Waals surface area (Å²) in [4.78, 5) is 0. The first-order chi connectivity index (χ1) is 11.9. The number of hydrogen-bond donors (Lipinski definition) is 2. The Morgan fingerprint density at radius 1 is 0.538 bits per heavy atom. The number of ether oxygens (including phenoxy) is 2. The van der Waals surface area contributed by atoms with Crippen molar-refractivity contribution in [2.24, 2.45) is 0 Å². The zero-order valence-corrected chi connectivity index (χ0v) is 16.7. The lowest BCUT2D eigenvalue weighted by Crippen LogP contribution is -2.29. The summed E-state index contributed by atoms with van der Waals surface area (Å²) in [6.07, 6.45) is 2.03. The summed E-state index contributed by atoms with van der Waals surface area (Å²) in [6.45, 7) is 5.41. The molecule has 0 spiro atoms. The summed E-state index contributed by atoms with van der Waals surface area (Å²) < 4.78 is 11.3. The van der Waals surface area contributed by atoms with Crippen LogP contribution in [0.5, 0.6) is 11.5 Å². The van der Waals surface area contributed by atoms with Gasteiger partial charge in [-0.1, -0.05) is 36.4 Å². The Balaban J connectivity index is 0.00000312. The normalized spacial score (nSPS) is 9.69. The van der Waals surface area contributed by atoms with Gasteiger partial charge < -0.3 is 20.1 Å². The molecular weight excluding hydrogens is 371 g/mol. The fourth-order valence-corrected chi connectivity index (χ4v) is 2.23. The largest absolute Gasteiger partial charge is 0.494 e. The van der Waals surface area contributed by atoms with E-state index in [9.17, 15) is 0 Å². The van der Waals surface area contributed by atoms with Crippen LogP contribution in [-0.4, -0.2) is 39.4 Å². The molecule has 26 heavy (non-hydrogen) atoms. The molecule has 0 unspecified atom stereocenters. The van der Waals surface area contributed by atoms with Crippen LogP contribution in [-0.2, 0) is 0 Å². The quantitative estimate of drug-likeness (QED) is 0.499. The molecule has 0 radical (unpaired) electrons. The summed E-state index contributed by atoms with van der Waals surface area (Å²) in [6, 6.07) is 19.9. The molecule has 0 fully saturated rings. The van der Waals surface area contributed by atoms with Gasteiger partial charge in [-0.15, -0.1) is 24.8 Å². The second kappa shape index (κ2) is 17.0. The molecular formula is C20H30Cl2N2O2. The lowest BCUT2D eigenvalue weighted by molar-refractivity contribution is 0.305. The molecule has 0 saturated heterocycles. The highest BCUT2D eigenvalue weighted by Gasteiger charge is 1.94. The third-order valence-corrected chi connectivity index (χ3v) is 3.50. The predicted molar refractivity (Wildman–Crippen MR) is 113 cm³/mol. The van der Waals surface area contributed by atoms with E-state index in [1.807, 2.05) is 60.7 Å². The van der Waals surface area contributed by atoms with Gasteiger partial charge in [0.1, 0.15) is 11.5 Å². The van der Waals surface area contributed by atoms with Crippen LogP contribution in [0.3, 0.4) is 0 Å². The third-order valence-electron chi connectivity index (χ3n) is 3.50. The molecule has 146 valence electrons. The van der Waals surface area contributed by atoms with Crippen LogP contribution in [0.15, 0.2) is 60.7 Å². The maximum absolute atomic E-state index is 5.64. The summed E-state index contributed by atoms with van der Waals surface area (Å²) in [5.41, 5.74) is 0. The van der Waals surface area contributed by atoms with Crippen molar-refractivity contribution in [1.29, 1.82) is 0 Å². The van der Waals surface area contributed by atoms with Crippen LogP contribution in [0.25, 0.3) is 0 Å². The first-order valence-corrected chi connectivity index (χ1v) is 8.72. The Labute approximate surface area is 169 Å². The maximum Gasteiger partial charge on any atom is 0.119 e. The Kier molecular flexibility index (Phi) is 16.0. The molecule has 2 N–H and O–H groups in total. The van der Waals surface area contributed by atoms with E-state index >= 15 is 0 Å². The van der Waals surface area contributed by atoms with Gasteiger partial charge >= 0.3 is 0 Å². The second-order valence-corrected chi connectivity index (χ2v) is 5.53. The molecule has 0 aliphatic heterocycles. The van der Waals surface area contributed by atoms with E-state index in [4.69, 9.17) is 9.47 Å². The highest BCUT2D eigenvalue weighted by atomic mass is 35.5. The van der Waals surface area contributed by atoms with Gasteiger partial charge in [0, 0.05) is 13.1 Å². The van der Waals surface area contributed by atoms with Crippen molar-refractivity contribution in [3.8, 4) is 11.5 Å². The smallest absolute Gasteiger partial charge is 0.119 e. The number of nitrogens with one attached hydrogen (secondary N) is 2. The average Bonchev–Trinajstić information content (AvgIpc) is 2.64. The van der Waals surface area contributed by atoms with Crippen molar-refractivity contribution in [3.05, 3.63) is 60.7 Å². The standard InChI is InChI=1S/C20H28N2O2.2ClH/c1-3-9-19(10-4-1)23-17-7-13-21-15-16-22-14-8-18-24-20-11-5-2-6-12-20;;/h1-6,9-12,21-22H,7-8,13-18H2;2*1H. The SMILES string of the molecule is Cl.Cl.c1ccc(OCCCNCCNCCCOc2ccccc2)cc1. The summed E-state index contributed by atoms with van der Waals surface area (Å²) in [5, 5.41) is 6.83. The van der Waals surface area contributed by atoms with Gasteiger partial charge in [-0.3, -0.25) is 0 Å². The second-order valence-electron chi connectivity index (χ2n) is 5.53. The van der Waals surface area contributed by atoms with E-state index in [-0.39, 0.29) is 24.8 Å². The lowest BCUT2D eigenvalue weighted by atomic mass is 10.3. The molecule has 2 rings (SSSR count). The van der Waals surface area contributed by atoms with Crippen LogP contribution in [0.4, 0.5) is 0 Å². The van der Waals surface area contributed by atoms with Gasteiger partial charge in [-0.2, -0.15) is 0 Å². The summed E-state index contributed by atoms with van der Waals surface area (Å²) >= 11 is 0. The van der Waals surface area contributed by atoms with Gasteiger partial charge in [0.15, 0.2) is 0 Å². The number of benzene rings is 2. The molecule has 2 aromatic rings. The Hall–Kier alpha value is -1.46. The molecule has 2 aromatic carbocycles. The number of rotatable bonds is 13. The fourth-order valence-electron chi connectivity index (χ4n) is 2.23. The molecule has 0 aliphatic rings. The van der Waals surface area contributed by atoms with Gasteiger partial charge in [0.05, 0.1) is 13.2 Å². The van der Waals surface area contributed by atoms with Crippen LogP contribution >= 0.6 is 24.8 Å². The van der Waals surface area contributed by atoms with Crippen molar-refractivity contribution >= 4 is 24.8 Å². The van der Waals surface area contributed by atoms with E-state index in [0.717, 1.165) is 63.7 Å². The van der Waals surface area contributed by atoms with Crippen molar-refractivity contribution in [2.45, 2.75) is 12.8 Å². The van der Waals surface area contributed by atoms with Crippen LogP contribution < -0.4 is 20.1 Å². The highest BCUT2D eigenvalue weighted by molar-refractivity contribution is 5.85. The van der Waals surface area contributed by atoms with Crippen molar-refractivity contribution < 1.29 is 9.47 Å². The monoisotopic (exact) mass is 400 g/mol. The number of hydrogen-bond acceptors (Lipinski definition) is 4. The van der Waals surface area contributed by atoms with E-state index in [1.165, 1.54) is 0 Å². The van der Waals surface area contributed by atoms with Gasteiger partial charge in [0.2, 0.25) is 0 Å². The van der Waals surface area contributed by atoms with E-state index < -0.39 is 0 Å². The summed E-state index contributed by atoms with van der Waals surface area (Å²) in [7, 11) is 0. The van der Waals surface area contributed by atoms with E-state index in [1.54, 1.807) is 0 Å². The Morgan fingerprint density at radius 3 is 1.31 bits per heavy atom. The molecule has 0 saturated carbocycles.